The number of nitrogens with one attached hydrogen (secondary N) is 2. The van der Waals surface area contributed by atoms with Crippen molar-refractivity contribution >= 4 is 28.3 Å². The first-order valence-corrected chi connectivity index (χ1v) is 11.3. The Morgan fingerprint density at radius 1 is 1.06 bits per heavy atom. The van der Waals surface area contributed by atoms with Gasteiger partial charge in [0.1, 0.15) is 24.1 Å². The van der Waals surface area contributed by atoms with Gasteiger partial charge in [-0.3, -0.25) is 9.74 Å². The Morgan fingerprint density at radius 3 is 2.65 bits per heavy atom. The van der Waals surface area contributed by atoms with E-state index in [0.29, 0.717) is 5.82 Å². The van der Waals surface area contributed by atoms with Crippen molar-refractivity contribution in [3.05, 3.63) is 82.6 Å². The standard InChI is InChI=1S/C25H23ClF2N4O2/c26-25-20(21(27)3-4-22(25)28)15-34-31-24-6-2-17(12-30-24)16-1-5-23-19(11-16)18(13-29-23)14-32-7-9-33-10-8-32/h1-6,11-13,29H,7-10,14-15H2,(H,30,31). The maximum absolute atomic E-state index is 13.9. The molecule has 1 fully saturated rings. The first-order valence-electron chi connectivity index (χ1n) is 11.0. The van der Waals surface area contributed by atoms with E-state index in [-0.39, 0.29) is 17.2 Å². The maximum Gasteiger partial charge on any atom is 0.149 e. The molecule has 0 saturated carbocycles. The molecule has 0 amide bonds. The van der Waals surface area contributed by atoms with Crippen LogP contribution in [-0.2, 0) is 22.7 Å². The zero-order valence-electron chi connectivity index (χ0n) is 18.3. The molecular weight excluding hydrogens is 462 g/mol. The Hall–Kier alpha value is -3.04. The minimum absolute atomic E-state index is 0.0570. The van der Waals surface area contributed by atoms with Crippen molar-refractivity contribution in [1.82, 2.24) is 14.9 Å². The molecule has 9 heteroatoms. The molecule has 0 unspecified atom stereocenters. The zero-order chi connectivity index (χ0) is 23.5. The number of benzene rings is 2. The fourth-order valence-corrected chi connectivity index (χ4v) is 4.21. The van der Waals surface area contributed by atoms with Crippen LogP contribution in [0.25, 0.3) is 22.0 Å². The first kappa shape index (κ1) is 22.7. The third-order valence-electron chi connectivity index (χ3n) is 5.89. The lowest BCUT2D eigenvalue weighted by Gasteiger charge is -2.26. The molecular formula is C25H23ClF2N4O2. The molecule has 3 heterocycles. The number of aromatic nitrogens is 2. The number of aromatic amines is 1. The van der Waals surface area contributed by atoms with Crippen molar-refractivity contribution in [3.8, 4) is 11.1 Å². The second kappa shape index (κ2) is 10.1. The van der Waals surface area contributed by atoms with Crippen molar-refractivity contribution in [2.45, 2.75) is 13.2 Å². The maximum atomic E-state index is 13.9. The minimum atomic E-state index is -0.698. The van der Waals surface area contributed by atoms with Gasteiger partial charge in [-0.15, -0.1) is 0 Å². The Bertz CT molecular complexity index is 1290. The number of rotatable bonds is 7. The Balaban J connectivity index is 1.26. The normalized spacial score (nSPS) is 14.6. The minimum Gasteiger partial charge on any atom is -0.379 e. The average molecular weight is 485 g/mol. The average Bonchev–Trinajstić information content (AvgIpc) is 3.26. The summed E-state index contributed by atoms with van der Waals surface area (Å²) < 4.78 is 32.8. The molecule has 1 aliphatic heterocycles. The van der Waals surface area contributed by atoms with Crippen LogP contribution in [0.2, 0.25) is 5.02 Å². The number of hydrogen-bond acceptors (Lipinski definition) is 5. The van der Waals surface area contributed by atoms with Gasteiger partial charge < -0.3 is 9.72 Å². The lowest BCUT2D eigenvalue weighted by Crippen LogP contribution is -2.35. The molecule has 2 aromatic heterocycles. The van der Waals surface area contributed by atoms with Gasteiger partial charge in [0, 0.05) is 54.1 Å². The highest BCUT2D eigenvalue weighted by molar-refractivity contribution is 6.31. The Kier molecular flexibility index (Phi) is 6.73. The number of H-pyrrole nitrogens is 1. The van der Waals surface area contributed by atoms with E-state index in [1.165, 1.54) is 10.9 Å². The highest BCUT2D eigenvalue weighted by Gasteiger charge is 2.14. The predicted molar refractivity (Wildman–Crippen MR) is 127 cm³/mol. The van der Waals surface area contributed by atoms with Crippen LogP contribution >= 0.6 is 11.6 Å². The third kappa shape index (κ3) is 4.90. The van der Waals surface area contributed by atoms with Gasteiger partial charge in [0.2, 0.25) is 0 Å². The van der Waals surface area contributed by atoms with Crippen molar-refractivity contribution in [2.24, 2.45) is 0 Å². The molecule has 4 aromatic rings. The summed E-state index contributed by atoms with van der Waals surface area (Å²) in [6.45, 7) is 4.04. The van der Waals surface area contributed by atoms with Crippen molar-refractivity contribution in [1.29, 1.82) is 0 Å². The van der Waals surface area contributed by atoms with Gasteiger partial charge in [-0.25, -0.2) is 19.2 Å². The van der Waals surface area contributed by atoms with Crippen LogP contribution in [0.3, 0.4) is 0 Å². The van der Waals surface area contributed by atoms with Crippen LogP contribution in [0.5, 0.6) is 0 Å². The Morgan fingerprint density at radius 2 is 1.85 bits per heavy atom. The highest BCUT2D eigenvalue weighted by atomic mass is 35.5. The molecule has 176 valence electrons. The van der Waals surface area contributed by atoms with Crippen LogP contribution < -0.4 is 5.48 Å². The summed E-state index contributed by atoms with van der Waals surface area (Å²) >= 11 is 5.82. The molecule has 0 bridgehead atoms. The van der Waals surface area contributed by atoms with Gasteiger partial charge in [-0.05, 0) is 47.5 Å². The van der Waals surface area contributed by atoms with Crippen molar-refractivity contribution in [2.75, 3.05) is 31.8 Å². The molecule has 0 atom stereocenters. The van der Waals surface area contributed by atoms with Crippen LogP contribution in [-0.4, -0.2) is 41.2 Å². The molecule has 0 aliphatic carbocycles. The van der Waals surface area contributed by atoms with Gasteiger partial charge in [-0.1, -0.05) is 17.7 Å². The SMILES string of the molecule is Fc1ccc(F)c(CONc2ccc(-c3ccc4[nH]cc(CN5CCOCC5)c4c3)cn2)c1Cl. The van der Waals surface area contributed by atoms with Gasteiger partial charge >= 0.3 is 0 Å². The van der Waals surface area contributed by atoms with Crippen LogP contribution in [0.15, 0.2) is 54.9 Å². The third-order valence-corrected chi connectivity index (χ3v) is 6.30. The van der Waals surface area contributed by atoms with E-state index in [4.69, 9.17) is 21.2 Å². The summed E-state index contributed by atoms with van der Waals surface area (Å²) in [4.78, 5) is 15.4. The van der Waals surface area contributed by atoms with E-state index in [1.54, 1.807) is 12.3 Å². The van der Waals surface area contributed by atoms with Gasteiger partial charge in [0.05, 0.1) is 18.2 Å². The zero-order valence-corrected chi connectivity index (χ0v) is 19.0. The monoisotopic (exact) mass is 484 g/mol. The smallest absolute Gasteiger partial charge is 0.149 e. The number of fused-ring (bicyclic) bond motifs is 1. The number of anilines is 1. The summed E-state index contributed by atoms with van der Waals surface area (Å²) in [5, 5.41) is 0.891. The van der Waals surface area contributed by atoms with E-state index in [2.05, 4.69) is 38.7 Å². The van der Waals surface area contributed by atoms with Crippen LogP contribution in [0.4, 0.5) is 14.6 Å². The molecule has 6 nitrogen and oxygen atoms in total. The molecule has 2 N–H and O–H groups in total. The van der Waals surface area contributed by atoms with Gasteiger partial charge in [0.15, 0.2) is 0 Å². The van der Waals surface area contributed by atoms with Crippen molar-refractivity contribution < 1.29 is 18.4 Å². The number of pyridine rings is 1. The molecule has 1 aliphatic rings. The highest BCUT2D eigenvalue weighted by Crippen LogP contribution is 2.28. The fourth-order valence-electron chi connectivity index (χ4n) is 4.00. The van der Waals surface area contributed by atoms with Crippen LogP contribution in [0, 0.1) is 11.6 Å². The molecule has 0 spiro atoms. The molecule has 5 rings (SSSR count). The van der Waals surface area contributed by atoms with E-state index in [9.17, 15) is 8.78 Å². The number of hydrogen-bond donors (Lipinski definition) is 2. The largest absolute Gasteiger partial charge is 0.379 e. The first-order chi connectivity index (χ1) is 16.6. The topological polar surface area (TPSA) is 62.4 Å². The number of ether oxygens (including phenoxy) is 1. The summed E-state index contributed by atoms with van der Waals surface area (Å²) in [5.41, 5.74) is 6.93. The summed E-state index contributed by atoms with van der Waals surface area (Å²) in [7, 11) is 0. The summed E-state index contributed by atoms with van der Waals surface area (Å²) in [5.74, 6) is -0.895. The quantitative estimate of drug-likeness (QED) is 0.266. The van der Waals surface area contributed by atoms with E-state index in [0.717, 1.165) is 61.6 Å². The van der Waals surface area contributed by atoms with E-state index in [1.807, 2.05) is 12.1 Å². The van der Waals surface area contributed by atoms with Gasteiger partial charge in [0.25, 0.3) is 0 Å². The number of morpholine rings is 1. The second-order valence-corrected chi connectivity index (χ2v) is 8.49. The summed E-state index contributed by atoms with van der Waals surface area (Å²) in [6, 6.07) is 12.0. The molecule has 34 heavy (non-hydrogen) atoms. The lowest BCUT2D eigenvalue weighted by atomic mass is 10.0. The number of halogens is 3. The Labute approximate surface area is 200 Å². The fraction of sp³-hybridized carbons (Fsp3) is 0.240. The molecule has 0 radical (unpaired) electrons. The molecule has 1 saturated heterocycles. The lowest BCUT2D eigenvalue weighted by molar-refractivity contribution is 0.0343. The number of nitrogens with zero attached hydrogens (tertiary/aromatic N) is 2. The van der Waals surface area contributed by atoms with E-state index >= 15 is 0 Å². The second-order valence-electron chi connectivity index (χ2n) is 8.11. The predicted octanol–water partition coefficient (Wildman–Crippen LogP) is 5.54. The van der Waals surface area contributed by atoms with E-state index < -0.39 is 11.6 Å². The van der Waals surface area contributed by atoms with Gasteiger partial charge in [-0.2, -0.15) is 0 Å². The molecule has 2 aromatic carbocycles. The summed E-state index contributed by atoms with van der Waals surface area (Å²) in [6.07, 6.45) is 3.80. The van der Waals surface area contributed by atoms with Crippen LogP contribution in [0.1, 0.15) is 11.1 Å². The van der Waals surface area contributed by atoms with Crippen molar-refractivity contribution in [3.63, 3.8) is 0 Å².